The number of fused-ring (bicyclic) bond motifs is 12. The third-order valence-electron chi connectivity index (χ3n) is 25.4. The molecule has 9 aliphatic rings. The van der Waals surface area contributed by atoms with E-state index in [1.807, 2.05) is 67.4 Å². The molecule has 8 aliphatic heterocycles. The third-order valence-corrected chi connectivity index (χ3v) is 25.4. The van der Waals surface area contributed by atoms with Gasteiger partial charge in [0.05, 0.1) is 108 Å². The molecule has 20 heterocycles. The van der Waals surface area contributed by atoms with Crippen LogP contribution in [-0.2, 0) is 71.3 Å². The SMILES string of the molecule is C1CCC2(CC1)COC2.CS(=O)(=O)O.CS(=O)(=O)O.O=C(O)C(=O)O.O=Cc1cnc2oc3c(N4CCOCC4)nc(-c4cccc5[nH]ccc45)nc3c2c1.c1cc(-c2nc(N3CCOCC3)c3oc4ncc(CN5CCC6(CC5)COC6)cc4c3n2)c2cc[nH]c2c1.c1cc(-c2nc(N3CCOCC3)c3oc4ncc(CN5CCC6(CC5)COC6)cc4c3n2)c2cc[nH]c2c1. The van der Waals surface area contributed by atoms with Crippen molar-refractivity contribution in [3.05, 3.63) is 145 Å². The van der Waals surface area contributed by atoms with Gasteiger partial charge in [-0.25, -0.2) is 54.4 Å². The number of aromatic amines is 3. The number of nitrogens with one attached hydrogen (secondary N) is 3. The number of H-pyrrole nitrogens is 3. The van der Waals surface area contributed by atoms with E-state index in [1.165, 1.54) is 75.1 Å². The minimum atomic E-state index is -3.67. The normalized spacial score (nSPS) is 18.4. The number of ether oxygens (including phenoxy) is 6. The summed E-state index contributed by atoms with van der Waals surface area (Å²) in [6, 6.07) is 30.8. The number of hydrogen-bond donors (Lipinski definition) is 7. The highest BCUT2D eigenvalue weighted by Gasteiger charge is 2.43. The molecule has 0 bridgehead atoms. The number of hydrogen-bond acceptors (Lipinski definition) is 30. The number of likely N-dealkylation sites (tertiary alicyclic amines) is 2. The smallest absolute Gasteiger partial charge is 0.414 e. The zero-order valence-corrected chi connectivity index (χ0v) is 74.1. The van der Waals surface area contributed by atoms with Gasteiger partial charge in [0.2, 0.25) is 17.1 Å². The highest BCUT2D eigenvalue weighted by molar-refractivity contribution is 7.85. The van der Waals surface area contributed by atoms with Crippen LogP contribution < -0.4 is 14.7 Å². The van der Waals surface area contributed by atoms with E-state index in [-0.39, 0.29) is 0 Å². The second kappa shape index (κ2) is 38.4. The summed E-state index contributed by atoms with van der Waals surface area (Å²) in [6.45, 7) is 20.4. The van der Waals surface area contributed by atoms with Crippen LogP contribution in [0.2, 0.25) is 0 Å². The number of anilines is 3. The van der Waals surface area contributed by atoms with Crippen molar-refractivity contribution in [3.63, 3.8) is 0 Å². The number of aliphatic carboxylic acids is 2. The zero-order valence-electron chi connectivity index (χ0n) is 72.4. The third kappa shape index (κ3) is 20.4. The van der Waals surface area contributed by atoms with Gasteiger partial charge in [-0.05, 0) is 130 Å². The van der Waals surface area contributed by atoms with Crippen LogP contribution >= 0.6 is 0 Å². The minimum Gasteiger partial charge on any atom is -0.473 e. The highest BCUT2D eigenvalue weighted by Crippen LogP contribution is 2.46. The first-order chi connectivity index (χ1) is 63.4. The maximum atomic E-state index is 11.3. The van der Waals surface area contributed by atoms with E-state index in [0.29, 0.717) is 149 Å². The van der Waals surface area contributed by atoms with Gasteiger partial charge >= 0.3 is 11.9 Å². The lowest BCUT2D eigenvalue weighted by Gasteiger charge is -2.47. The summed E-state index contributed by atoms with van der Waals surface area (Å²) in [4.78, 5) is 94.9. The van der Waals surface area contributed by atoms with E-state index in [1.54, 1.807) is 6.07 Å². The molecule has 686 valence electrons. The summed E-state index contributed by atoms with van der Waals surface area (Å²) in [5, 5.41) is 20.6. The van der Waals surface area contributed by atoms with Gasteiger partial charge in [0.15, 0.2) is 58.0 Å². The Bertz CT molecular complexity index is 6610. The average Bonchev–Trinajstić information content (AvgIpc) is 1.61. The van der Waals surface area contributed by atoms with E-state index in [9.17, 15) is 21.6 Å². The number of pyridine rings is 3. The fourth-order valence-corrected chi connectivity index (χ4v) is 18.3. The van der Waals surface area contributed by atoms with E-state index in [2.05, 4.69) is 93.0 Å². The summed E-state index contributed by atoms with van der Waals surface area (Å²) >= 11 is 0. The van der Waals surface area contributed by atoms with E-state index in [4.69, 9.17) is 110 Å². The summed E-state index contributed by atoms with van der Waals surface area (Å²) in [7, 11) is -7.33. The Morgan fingerprint density at radius 1 is 0.405 bits per heavy atom. The van der Waals surface area contributed by atoms with Gasteiger partial charge < -0.3 is 81.5 Å². The number of benzene rings is 3. The Kier molecular flexibility index (Phi) is 26.2. The average molecular weight is 1830 g/mol. The Morgan fingerprint density at radius 2 is 0.718 bits per heavy atom. The van der Waals surface area contributed by atoms with Gasteiger partial charge in [0.25, 0.3) is 20.2 Å². The molecule has 8 saturated heterocycles. The first kappa shape index (κ1) is 89.5. The topological polar surface area (TPSA) is 475 Å². The van der Waals surface area contributed by atoms with Gasteiger partial charge in [0.1, 0.15) is 16.6 Å². The molecular weight excluding hydrogens is 1730 g/mol. The number of morpholine rings is 3. The van der Waals surface area contributed by atoms with Crippen molar-refractivity contribution in [3.8, 4) is 34.2 Å². The molecule has 0 atom stereocenters. The monoisotopic (exact) mass is 1830 g/mol. The van der Waals surface area contributed by atoms with Crippen LogP contribution in [0.3, 0.4) is 0 Å². The number of aldehydes is 1. The number of rotatable bonds is 11. The lowest BCUT2D eigenvalue weighted by atomic mass is 9.73. The molecule has 3 spiro atoms. The highest BCUT2D eigenvalue weighted by atomic mass is 32.2. The zero-order chi connectivity index (χ0) is 90.6. The molecule has 1 aliphatic carbocycles. The Balaban J connectivity index is 0.000000117. The molecule has 0 unspecified atom stereocenters. The minimum absolute atomic E-state index is 0.436. The maximum Gasteiger partial charge on any atom is 0.414 e. The molecule has 1 saturated carbocycles. The molecule has 3 aromatic carbocycles. The molecule has 0 amide bonds. The Morgan fingerprint density at radius 3 is 1.02 bits per heavy atom. The van der Waals surface area contributed by atoms with Crippen LogP contribution in [0.1, 0.15) is 79.3 Å². The van der Waals surface area contributed by atoms with Crippen molar-refractivity contribution in [2.45, 2.75) is 70.9 Å². The fraction of sp³-hybridized carbons (Fsp3) is 0.413. The second-order valence-corrected chi connectivity index (χ2v) is 37.7. The van der Waals surface area contributed by atoms with Crippen LogP contribution in [0.4, 0.5) is 17.5 Å². The van der Waals surface area contributed by atoms with Gasteiger partial charge in [-0.15, -0.1) is 0 Å². The number of furan rings is 3. The molecular formula is C92H101N17O20S2. The number of carboxylic acids is 2. The van der Waals surface area contributed by atoms with Crippen LogP contribution in [0.25, 0.3) is 133 Å². The molecule has 7 N–H and O–H groups in total. The van der Waals surface area contributed by atoms with Crippen molar-refractivity contribution < 1.29 is 92.2 Å². The molecule has 39 heteroatoms. The van der Waals surface area contributed by atoms with E-state index in [0.717, 1.165) is 200 Å². The largest absolute Gasteiger partial charge is 0.473 e. The summed E-state index contributed by atoms with van der Waals surface area (Å²) in [5.41, 5.74) is 16.4. The summed E-state index contributed by atoms with van der Waals surface area (Å²) < 4.78 is 103. The first-order valence-corrected chi connectivity index (χ1v) is 47.5. The van der Waals surface area contributed by atoms with Crippen LogP contribution in [0.15, 0.2) is 141 Å². The standard InChI is InChI=1S/2C29H30N6O3.C22H17N5O3.C8H14O.C2H2O4.2CH4O3S/c2*1-2-21(20-4-7-30-23(20)3-1)26-32-24-22-14-19(16-34-8-5-29(6-9-34)17-37-18-29)15-31-28(22)38-25(24)27(33-26)35-10-12-36-13-11-35;28-12-13-10-16-18-19(30-22(16)24-11-13)21(27-6-8-29-9-7-27)26-20(25-18)15-2-1-3-17-14(15)4-5-23-17;1-2-4-8(5-3-1)6-9-7-8;3-1(4)2(5)6;2*1-5(2,3)4/h2*1-4,7,14-15,30H,5-6,8-13,16-18H2;1-5,10-12,23H,6-9H2;1-7H2;(H,3,4)(H,5,6);2*1H3,(H,2,3,4). The van der Waals surface area contributed by atoms with Crippen molar-refractivity contribution in [2.75, 3.05) is 172 Å². The predicted molar refractivity (Wildman–Crippen MR) is 490 cm³/mol. The van der Waals surface area contributed by atoms with Crippen molar-refractivity contribution in [2.24, 2.45) is 16.2 Å². The van der Waals surface area contributed by atoms with E-state index >= 15 is 0 Å². The Hall–Kier alpha value is -12.1. The van der Waals surface area contributed by atoms with E-state index < -0.39 is 32.2 Å². The number of carboxylic acid groups (broad SMARTS) is 2. The first-order valence-electron chi connectivity index (χ1n) is 43.8. The Labute approximate surface area is 751 Å². The number of carbonyl (C=O) groups excluding carboxylic acids is 1. The number of piperidine rings is 2. The molecule has 12 aromatic heterocycles. The number of carbonyl (C=O) groups is 3. The van der Waals surface area contributed by atoms with Gasteiger partial charge in [0, 0.05) is 161 Å². The van der Waals surface area contributed by atoms with Crippen molar-refractivity contribution in [1.82, 2.24) is 69.6 Å². The van der Waals surface area contributed by atoms with Crippen LogP contribution in [0, 0.1) is 16.2 Å². The van der Waals surface area contributed by atoms with Gasteiger partial charge in [-0.2, -0.15) is 16.8 Å². The number of nitrogens with zero attached hydrogens (tertiary/aromatic N) is 14. The second-order valence-electron chi connectivity index (χ2n) is 34.8. The summed E-state index contributed by atoms with van der Waals surface area (Å²) in [6.07, 6.45) is 25.5. The van der Waals surface area contributed by atoms with Crippen molar-refractivity contribution in [1.29, 1.82) is 0 Å². The molecule has 24 rings (SSSR count). The fourth-order valence-electron chi connectivity index (χ4n) is 18.3. The van der Waals surface area contributed by atoms with Crippen molar-refractivity contribution >= 4 is 155 Å². The molecule has 0 radical (unpaired) electrons. The molecule has 131 heavy (non-hydrogen) atoms. The number of aromatic nitrogens is 12. The molecule has 15 aromatic rings. The molecule has 9 fully saturated rings. The van der Waals surface area contributed by atoms with Gasteiger partial charge in [-0.1, -0.05) is 55.7 Å². The summed E-state index contributed by atoms with van der Waals surface area (Å²) in [5.74, 6) is 0.687. The lowest BCUT2D eigenvalue weighted by Crippen LogP contribution is -2.50. The van der Waals surface area contributed by atoms with Crippen LogP contribution in [0.5, 0.6) is 0 Å². The quantitative estimate of drug-likeness (QED) is 0.0359. The van der Waals surface area contributed by atoms with Gasteiger partial charge in [-0.3, -0.25) is 23.7 Å². The maximum absolute atomic E-state index is 11.3. The van der Waals surface area contributed by atoms with Crippen LogP contribution in [-0.4, -0.2) is 281 Å². The lowest BCUT2D eigenvalue weighted by molar-refractivity contribution is -0.159. The predicted octanol–water partition coefficient (Wildman–Crippen LogP) is 12.4. The molecule has 37 nitrogen and oxygen atoms in total.